The molecular weight excluding hydrogens is 317 g/mol. The smallest absolute Gasteiger partial charge is 0.238 e. The summed E-state index contributed by atoms with van der Waals surface area (Å²) >= 11 is 6.00. The molecular formula is C13H19Cl2N3O3. The highest BCUT2D eigenvalue weighted by molar-refractivity contribution is 6.34. The van der Waals surface area contributed by atoms with Gasteiger partial charge >= 0.3 is 0 Å². The highest BCUT2D eigenvalue weighted by Gasteiger charge is 2.06. The van der Waals surface area contributed by atoms with Gasteiger partial charge in [-0.3, -0.25) is 9.59 Å². The molecule has 0 spiro atoms. The molecule has 0 saturated carbocycles. The molecule has 0 atom stereocenters. The number of carbonyl (C=O) groups is 2. The van der Waals surface area contributed by atoms with Crippen LogP contribution >= 0.6 is 24.0 Å². The van der Waals surface area contributed by atoms with Gasteiger partial charge in [0.15, 0.2) is 0 Å². The van der Waals surface area contributed by atoms with Crippen LogP contribution in [0.4, 0.5) is 11.4 Å². The first-order valence-corrected chi connectivity index (χ1v) is 6.47. The van der Waals surface area contributed by atoms with Crippen LogP contribution in [0.25, 0.3) is 0 Å². The minimum Gasteiger partial charge on any atom is -0.383 e. The van der Waals surface area contributed by atoms with Crippen molar-refractivity contribution in [3.8, 4) is 0 Å². The molecule has 21 heavy (non-hydrogen) atoms. The van der Waals surface area contributed by atoms with E-state index in [-0.39, 0.29) is 30.8 Å². The lowest BCUT2D eigenvalue weighted by molar-refractivity contribution is -0.115. The zero-order valence-corrected chi connectivity index (χ0v) is 13.4. The average Bonchev–Trinajstić information content (AvgIpc) is 2.37. The first-order chi connectivity index (χ1) is 9.52. The van der Waals surface area contributed by atoms with E-state index in [9.17, 15) is 9.59 Å². The molecule has 0 radical (unpaired) electrons. The average molecular weight is 336 g/mol. The molecule has 3 N–H and O–H groups in total. The van der Waals surface area contributed by atoms with Crippen molar-refractivity contribution < 1.29 is 14.3 Å². The number of halogens is 2. The summed E-state index contributed by atoms with van der Waals surface area (Å²) in [4.78, 5) is 22.6. The highest BCUT2D eigenvalue weighted by atomic mass is 35.5. The molecule has 8 heteroatoms. The van der Waals surface area contributed by atoms with Gasteiger partial charge in [0.05, 0.1) is 23.9 Å². The van der Waals surface area contributed by atoms with Crippen LogP contribution in [0.2, 0.25) is 5.02 Å². The van der Waals surface area contributed by atoms with Gasteiger partial charge in [-0.2, -0.15) is 0 Å². The zero-order chi connectivity index (χ0) is 15.0. The van der Waals surface area contributed by atoms with Crippen molar-refractivity contribution in [2.45, 2.75) is 6.92 Å². The van der Waals surface area contributed by atoms with Crippen molar-refractivity contribution >= 4 is 47.2 Å². The Bertz CT molecular complexity index is 484. The van der Waals surface area contributed by atoms with Crippen LogP contribution in [-0.4, -0.2) is 38.6 Å². The van der Waals surface area contributed by atoms with E-state index < -0.39 is 0 Å². The molecule has 1 aromatic carbocycles. The highest BCUT2D eigenvalue weighted by Crippen LogP contribution is 2.25. The lowest BCUT2D eigenvalue weighted by Gasteiger charge is -2.09. The molecule has 0 aliphatic heterocycles. The van der Waals surface area contributed by atoms with Crippen LogP contribution in [0.15, 0.2) is 18.2 Å². The summed E-state index contributed by atoms with van der Waals surface area (Å²) in [5.41, 5.74) is 1.08. The van der Waals surface area contributed by atoms with Crippen LogP contribution < -0.4 is 16.0 Å². The van der Waals surface area contributed by atoms with E-state index in [0.717, 1.165) is 0 Å². The third-order valence-corrected chi connectivity index (χ3v) is 2.64. The van der Waals surface area contributed by atoms with Crippen LogP contribution in [0.3, 0.4) is 0 Å². The van der Waals surface area contributed by atoms with E-state index in [2.05, 4.69) is 16.0 Å². The lowest BCUT2D eigenvalue weighted by Crippen LogP contribution is -2.30. The number of amides is 2. The van der Waals surface area contributed by atoms with E-state index in [0.29, 0.717) is 29.5 Å². The Morgan fingerprint density at radius 2 is 2.00 bits per heavy atom. The van der Waals surface area contributed by atoms with Gasteiger partial charge in [0.1, 0.15) is 0 Å². The minimum atomic E-state index is -0.203. The quantitative estimate of drug-likeness (QED) is 0.665. The van der Waals surface area contributed by atoms with Gasteiger partial charge < -0.3 is 20.7 Å². The molecule has 1 aromatic rings. The molecule has 0 heterocycles. The lowest BCUT2D eigenvalue weighted by atomic mass is 10.2. The van der Waals surface area contributed by atoms with Crippen LogP contribution in [0.1, 0.15) is 6.92 Å². The molecule has 0 aliphatic carbocycles. The fraction of sp³-hybridized carbons (Fsp3) is 0.385. The predicted molar refractivity (Wildman–Crippen MR) is 86.4 cm³/mol. The summed E-state index contributed by atoms with van der Waals surface area (Å²) in [7, 11) is 1.60. The zero-order valence-electron chi connectivity index (χ0n) is 11.9. The minimum absolute atomic E-state index is 0. The van der Waals surface area contributed by atoms with Crippen LogP contribution in [-0.2, 0) is 14.3 Å². The Balaban J connectivity index is 0.00000400. The fourth-order valence-corrected chi connectivity index (χ4v) is 1.69. The number of hydrogen-bond donors (Lipinski definition) is 3. The monoisotopic (exact) mass is 335 g/mol. The largest absolute Gasteiger partial charge is 0.383 e. The second kappa shape index (κ2) is 10.4. The summed E-state index contributed by atoms with van der Waals surface area (Å²) in [5.74, 6) is -0.379. The molecule has 0 aliphatic rings. The van der Waals surface area contributed by atoms with Crippen molar-refractivity contribution in [1.29, 1.82) is 0 Å². The number of benzene rings is 1. The first-order valence-electron chi connectivity index (χ1n) is 6.09. The first kappa shape index (κ1) is 19.7. The molecule has 0 saturated heterocycles. The molecule has 118 valence electrons. The number of nitrogens with one attached hydrogen (secondary N) is 3. The Kier molecular flexibility index (Phi) is 9.73. The predicted octanol–water partition coefficient (Wildman–Crippen LogP) is 1.89. The molecule has 0 fully saturated rings. The maximum atomic E-state index is 11.6. The van der Waals surface area contributed by atoms with Gasteiger partial charge in [-0.15, -0.1) is 12.4 Å². The maximum Gasteiger partial charge on any atom is 0.238 e. The number of rotatable bonds is 7. The maximum absolute atomic E-state index is 11.6. The van der Waals surface area contributed by atoms with Gasteiger partial charge in [0.2, 0.25) is 11.8 Å². The summed E-state index contributed by atoms with van der Waals surface area (Å²) < 4.78 is 4.86. The van der Waals surface area contributed by atoms with Crippen LogP contribution in [0.5, 0.6) is 0 Å². The second-order valence-corrected chi connectivity index (χ2v) is 4.50. The van der Waals surface area contributed by atoms with E-state index >= 15 is 0 Å². The van der Waals surface area contributed by atoms with E-state index in [1.807, 2.05) is 0 Å². The number of hydrogen-bond acceptors (Lipinski definition) is 4. The molecule has 0 unspecified atom stereocenters. The van der Waals surface area contributed by atoms with E-state index in [1.165, 1.54) is 6.92 Å². The Morgan fingerprint density at radius 3 is 2.57 bits per heavy atom. The number of anilines is 2. The van der Waals surface area contributed by atoms with Crippen molar-refractivity contribution in [2.75, 3.05) is 37.4 Å². The Labute approximate surface area is 135 Å². The SMILES string of the molecule is COCCNCC(=O)Nc1ccc(NC(C)=O)c(Cl)c1.Cl. The molecule has 1 rings (SSSR count). The summed E-state index contributed by atoms with van der Waals surface area (Å²) in [5, 5.41) is 8.59. The molecule has 6 nitrogen and oxygen atoms in total. The van der Waals surface area contributed by atoms with Crippen molar-refractivity contribution in [3.05, 3.63) is 23.2 Å². The van der Waals surface area contributed by atoms with Gasteiger partial charge in [-0.05, 0) is 18.2 Å². The van der Waals surface area contributed by atoms with Crippen LogP contribution in [0, 0.1) is 0 Å². The van der Waals surface area contributed by atoms with E-state index in [4.69, 9.17) is 16.3 Å². The fourth-order valence-electron chi connectivity index (χ4n) is 1.47. The standard InChI is InChI=1S/C13H18ClN3O3.ClH/c1-9(18)16-12-4-3-10(7-11(12)14)17-13(19)8-15-5-6-20-2;/h3-4,7,15H,5-6,8H2,1-2H3,(H,16,18)(H,17,19);1H. The topological polar surface area (TPSA) is 79.5 Å². The molecule has 0 aromatic heterocycles. The third kappa shape index (κ3) is 7.87. The number of ether oxygens (including phenoxy) is 1. The normalized spacial score (nSPS) is 9.67. The van der Waals surface area contributed by atoms with Gasteiger partial charge in [0.25, 0.3) is 0 Å². The Hall–Kier alpha value is -1.34. The number of methoxy groups -OCH3 is 1. The Morgan fingerprint density at radius 1 is 1.29 bits per heavy atom. The number of carbonyl (C=O) groups excluding carboxylic acids is 2. The van der Waals surface area contributed by atoms with Crippen molar-refractivity contribution in [3.63, 3.8) is 0 Å². The molecule has 0 bridgehead atoms. The summed E-state index contributed by atoms with van der Waals surface area (Å²) in [6.07, 6.45) is 0. The second-order valence-electron chi connectivity index (χ2n) is 4.09. The van der Waals surface area contributed by atoms with Gasteiger partial charge in [-0.1, -0.05) is 11.6 Å². The molecule has 2 amide bonds. The third-order valence-electron chi connectivity index (χ3n) is 2.33. The van der Waals surface area contributed by atoms with Crippen molar-refractivity contribution in [2.24, 2.45) is 0 Å². The van der Waals surface area contributed by atoms with Gasteiger partial charge in [0, 0.05) is 26.3 Å². The van der Waals surface area contributed by atoms with Gasteiger partial charge in [-0.25, -0.2) is 0 Å². The van der Waals surface area contributed by atoms with Crippen molar-refractivity contribution in [1.82, 2.24) is 5.32 Å². The summed E-state index contributed by atoms with van der Waals surface area (Å²) in [6, 6.07) is 4.89. The summed E-state index contributed by atoms with van der Waals surface area (Å²) in [6.45, 7) is 2.74. The van der Waals surface area contributed by atoms with E-state index in [1.54, 1.807) is 25.3 Å².